The molecule has 0 aromatic heterocycles. The molecule has 0 saturated heterocycles. The number of methoxy groups -OCH3 is 4. The SMILES string of the molecule is COC1=CC(c2cc(OC)cc(C(C)(C)C)c2O)=C(OP2OC3=CCCc4cc5c(c(c43)O2)=C(OP2Oc3c(cc(OC)cc3C(C)(C)C)C3CC(OC)CC(C(C)(C)C)C3O2)CCC=5)C(C(C)(C)C)C1. The Kier molecular flexibility index (Phi) is 13.9. The average molecular weight is 1010 g/mol. The minimum Gasteiger partial charge on any atom is -0.507 e. The van der Waals surface area contributed by atoms with Crippen molar-refractivity contribution in [1.82, 2.24) is 0 Å². The number of phenolic OH excluding ortho intramolecular Hbond substituents is 1. The van der Waals surface area contributed by atoms with Gasteiger partial charge in [-0.2, -0.15) is 0 Å². The van der Waals surface area contributed by atoms with E-state index in [9.17, 15) is 5.11 Å². The smallest absolute Gasteiger partial charge is 0.507 e. The van der Waals surface area contributed by atoms with Crippen LogP contribution in [0, 0.1) is 22.7 Å². The summed E-state index contributed by atoms with van der Waals surface area (Å²) < 4.78 is 67.1. The molecule has 2 heterocycles. The monoisotopic (exact) mass is 1010 g/mol. The van der Waals surface area contributed by atoms with Crippen molar-refractivity contribution in [3.63, 3.8) is 0 Å². The third-order valence-corrected chi connectivity index (χ3v) is 17.4. The highest BCUT2D eigenvalue weighted by atomic mass is 31.2. The van der Waals surface area contributed by atoms with Crippen LogP contribution in [-0.2, 0) is 44.8 Å². The fourth-order valence-electron chi connectivity index (χ4n) is 11.3. The molecule has 4 aliphatic carbocycles. The van der Waals surface area contributed by atoms with E-state index in [2.05, 4.69) is 113 Å². The van der Waals surface area contributed by atoms with E-state index in [-0.39, 0.29) is 57.4 Å². The van der Waals surface area contributed by atoms with E-state index in [0.29, 0.717) is 41.2 Å². The van der Waals surface area contributed by atoms with Gasteiger partial charge in [-0.05, 0) is 107 Å². The van der Waals surface area contributed by atoms with Crippen molar-refractivity contribution >= 4 is 40.4 Å². The molecule has 9 rings (SSSR count). The maximum atomic E-state index is 12.2. The maximum absolute atomic E-state index is 12.2. The van der Waals surface area contributed by atoms with E-state index in [0.717, 1.165) is 99.1 Å². The third kappa shape index (κ3) is 9.91. The topological polar surface area (TPSA) is 113 Å². The second-order valence-corrected chi connectivity index (χ2v) is 26.3. The molecule has 13 heteroatoms. The zero-order chi connectivity index (χ0) is 51.1. The van der Waals surface area contributed by atoms with Gasteiger partial charge in [-0.25, -0.2) is 0 Å². The number of aromatic hydroxyl groups is 1. The standard InChI is InChI=1S/C58H76O11P2/c1-55(2,3)42-28-34(60-13)24-38(50(42)59)39-25-35(61-14)29-43(56(4,5)6)51(39)66-71-65-47-22-18-20-33-23-32-19-17-21-46(48(32)54(69-71)49(33)47)64-70-67-52-40(26-36(62-15)30-44(52)57(7,8)9)41-27-37(63-16)31-45(53(41)68-70)58(10,11)12/h19,22-26,28,30,37,41,43,45,53,59H,17-18,20-21,27,29,31H2,1-16H3. The summed E-state index contributed by atoms with van der Waals surface area (Å²) in [6.45, 7) is 26.3. The lowest BCUT2D eigenvalue weighted by atomic mass is 9.64. The highest BCUT2D eigenvalue weighted by Crippen LogP contribution is 2.62. The Balaban J connectivity index is 1.19. The Morgan fingerprint density at radius 2 is 1.35 bits per heavy atom. The lowest BCUT2D eigenvalue weighted by Gasteiger charge is -2.46. The minimum atomic E-state index is -2.09. The Labute approximate surface area is 424 Å². The van der Waals surface area contributed by atoms with Gasteiger partial charge in [-0.15, -0.1) is 0 Å². The van der Waals surface area contributed by atoms with Gasteiger partial charge in [0.25, 0.3) is 0 Å². The molecule has 0 spiro atoms. The molecule has 11 nitrogen and oxygen atoms in total. The Morgan fingerprint density at radius 3 is 2.00 bits per heavy atom. The Bertz CT molecular complexity index is 2800. The predicted octanol–water partition coefficient (Wildman–Crippen LogP) is 13.9. The predicted molar refractivity (Wildman–Crippen MR) is 283 cm³/mol. The van der Waals surface area contributed by atoms with Crippen LogP contribution < -0.4 is 29.0 Å². The third-order valence-electron chi connectivity index (χ3n) is 15.3. The average Bonchev–Trinajstić information content (AvgIpc) is 3.45. The van der Waals surface area contributed by atoms with E-state index < -0.39 is 17.2 Å². The lowest BCUT2D eigenvalue weighted by Crippen LogP contribution is -2.45. The van der Waals surface area contributed by atoms with Crippen molar-refractivity contribution in [2.75, 3.05) is 28.4 Å². The fraction of sp³-hybridized carbons (Fsp3) is 0.552. The summed E-state index contributed by atoms with van der Waals surface area (Å²) in [6.07, 6.45) is 11.5. The second kappa shape index (κ2) is 19.1. The Morgan fingerprint density at radius 1 is 0.676 bits per heavy atom. The van der Waals surface area contributed by atoms with Gasteiger partial charge in [0.15, 0.2) is 5.75 Å². The number of aryl methyl sites for hydroxylation is 1. The Hall–Kier alpha value is -4.40. The molecule has 1 saturated carbocycles. The molecule has 0 amide bonds. The van der Waals surface area contributed by atoms with Crippen LogP contribution in [-0.4, -0.2) is 45.8 Å². The number of hydrogen-bond acceptors (Lipinski definition) is 11. The molecule has 0 bridgehead atoms. The normalized spacial score (nSPS) is 25.2. The van der Waals surface area contributed by atoms with Crippen molar-refractivity contribution in [2.24, 2.45) is 22.7 Å². The molecule has 2 aliphatic heterocycles. The molecule has 1 fully saturated rings. The van der Waals surface area contributed by atoms with E-state index in [1.165, 1.54) is 0 Å². The zero-order valence-electron chi connectivity index (χ0n) is 44.9. The number of benzene rings is 3. The van der Waals surface area contributed by atoms with E-state index in [1.54, 1.807) is 21.3 Å². The largest absolute Gasteiger partial charge is 0.530 e. The quantitative estimate of drug-likeness (QED) is 0.207. The first-order valence-electron chi connectivity index (χ1n) is 25.3. The van der Waals surface area contributed by atoms with Crippen LogP contribution in [0.3, 0.4) is 0 Å². The van der Waals surface area contributed by atoms with Gasteiger partial charge in [0.05, 0.1) is 50.1 Å². The van der Waals surface area contributed by atoms with Crippen LogP contribution >= 0.6 is 17.2 Å². The molecular weight excluding hydrogens is 935 g/mol. The van der Waals surface area contributed by atoms with Crippen molar-refractivity contribution in [3.8, 4) is 28.7 Å². The van der Waals surface area contributed by atoms with Crippen molar-refractivity contribution < 1.29 is 51.2 Å². The van der Waals surface area contributed by atoms with Gasteiger partial charge in [0, 0.05) is 59.6 Å². The number of hydrogen-bond donors (Lipinski definition) is 1. The first-order valence-corrected chi connectivity index (χ1v) is 27.5. The molecule has 1 N–H and O–H groups in total. The molecule has 6 aliphatic rings. The molecule has 7 unspecified atom stereocenters. The van der Waals surface area contributed by atoms with Crippen LogP contribution in [0.2, 0.25) is 0 Å². The maximum Gasteiger partial charge on any atom is 0.530 e. The van der Waals surface area contributed by atoms with Crippen LogP contribution in [0.25, 0.3) is 23.2 Å². The molecule has 3 aromatic carbocycles. The molecule has 0 radical (unpaired) electrons. The van der Waals surface area contributed by atoms with Gasteiger partial charge in [0.1, 0.15) is 40.3 Å². The summed E-state index contributed by atoms with van der Waals surface area (Å²) in [5.41, 5.74) is 5.16. The van der Waals surface area contributed by atoms with Gasteiger partial charge >= 0.3 is 17.2 Å². The number of rotatable bonds is 9. The summed E-state index contributed by atoms with van der Waals surface area (Å²) in [5.74, 6) is 5.94. The lowest BCUT2D eigenvalue weighted by molar-refractivity contribution is -0.0529. The van der Waals surface area contributed by atoms with Crippen LogP contribution in [0.15, 0.2) is 54.0 Å². The zero-order valence-corrected chi connectivity index (χ0v) is 46.7. The molecule has 71 heavy (non-hydrogen) atoms. The van der Waals surface area contributed by atoms with Crippen LogP contribution in [0.1, 0.15) is 161 Å². The number of fused-ring (bicyclic) bond motifs is 5. The summed E-state index contributed by atoms with van der Waals surface area (Å²) >= 11 is 0. The summed E-state index contributed by atoms with van der Waals surface area (Å²) in [7, 11) is 2.81. The summed E-state index contributed by atoms with van der Waals surface area (Å²) in [6, 6.07) is 10.3. The highest BCUT2D eigenvalue weighted by molar-refractivity contribution is 7.43. The van der Waals surface area contributed by atoms with Crippen molar-refractivity contribution in [2.45, 2.75) is 157 Å². The molecule has 3 aromatic rings. The van der Waals surface area contributed by atoms with E-state index in [1.807, 2.05) is 25.3 Å². The first-order chi connectivity index (χ1) is 33.4. The number of allylic oxidation sites excluding steroid dienone is 5. The summed E-state index contributed by atoms with van der Waals surface area (Å²) in [4.78, 5) is 0. The van der Waals surface area contributed by atoms with E-state index >= 15 is 0 Å². The first kappa shape index (κ1) is 51.5. The molecular formula is C58H76O11P2. The fourth-order valence-corrected chi connectivity index (χ4v) is 13.8. The van der Waals surface area contributed by atoms with Gasteiger partial charge in [-0.1, -0.05) is 95.2 Å². The van der Waals surface area contributed by atoms with Gasteiger partial charge in [-0.3, -0.25) is 4.52 Å². The number of ether oxygens (including phenoxy) is 4. The van der Waals surface area contributed by atoms with Crippen molar-refractivity contribution in [3.05, 3.63) is 97.8 Å². The van der Waals surface area contributed by atoms with Gasteiger partial charge < -0.3 is 46.7 Å². The number of phenols is 1. The second-order valence-electron chi connectivity index (χ2n) is 24.2. The van der Waals surface area contributed by atoms with Crippen molar-refractivity contribution in [1.29, 1.82) is 0 Å². The summed E-state index contributed by atoms with van der Waals surface area (Å²) in [5, 5.41) is 14.1. The molecule has 384 valence electrons. The highest BCUT2D eigenvalue weighted by Gasteiger charge is 2.51. The van der Waals surface area contributed by atoms with Crippen LogP contribution in [0.4, 0.5) is 0 Å². The van der Waals surface area contributed by atoms with Crippen LogP contribution in [0.5, 0.6) is 28.7 Å². The minimum absolute atomic E-state index is 0.0241. The molecule has 7 atom stereocenters. The van der Waals surface area contributed by atoms with E-state index in [4.69, 9.17) is 46.1 Å². The van der Waals surface area contributed by atoms with Gasteiger partial charge in [0.2, 0.25) is 0 Å².